The summed E-state index contributed by atoms with van der Waals surface area (Å²) in [6.07, 6.45) is 4.68. The van der Waals surface area contributed by atoms with E-state index in [0.29, 0.717) is 0 Å². The first kappa shape index (κ1) is 27.9. The Morgan fingerprint density at radius 3 is 1.11 bits per heavy atom. The molecule has 0 spiro atoms. The van der Waals surface area contributed by atoms with Gasteiger partial charge in [0.25, 0.3) is 0 Å². The number of hydrogen-bond acceptors (Lipinski definition) is 7. The largest absolute Gasteiger partial charge is 0.379 e. The van der Waals surface area contributed by atoms with Gasteiger partial charge in [-0.3, -0.25) is 0 Å². The summed E-state index contributed by atoms with van der Waals surface area (Å²) in [5.74, 6) is 7.07. The van der Waals surface area contributed by atoms with Crippen LogP contribution < -0.4 is 0 Å². The molecule has 0 rings (SSSR count). The number of unbranched alkanes of at least 4 members (excludes halogenated alkanes) is 2. The molecule has 164 valence electrons. The molecule has 0 amide bonds. The number of ether oxygens (including phenoxy) is 4. The van der Waals surface area contributed by atoms with Crippen molar-refractivity contribution in [3.63, 3.8) is 0 Å². The highest BCUT2D eigenvalue weighted by atomic mass is 32.2. The normalized spacial score (nSPS) is 11.3. The standard InChI is InChI=1S/C20H42O4S3/c1-3-5-7-21-9-11-23-13-15-25-17-19-27-20-18-26-16-14-24-12-10-22-8-6-4-2/h3-20H2,1-2H3. The molecule has 0 aromatic rings. The van der Waals surface area contributed by atoms with Crippen LogP contribution in [0.3, 0.4) is 0 Å². The molecule has 0 saturated heterocycles. The van der Waals surface area contributed by atoms with Crippen LogP contribution in [0, 0.1) is 0 Å². The molecule has 0 saturated carbocycles. The molecule has 0 fully saturated rings. The summed E-state index contributed by atoms with van der Waals surface area (Å²) in [5.41, 5.74) is 0. The molecule has 0 bridgehead atoms. The van der Waals surface area contributed by atoms with Crippen molar-refractivity contribution in [1.82, 2.24) is 0 Å². The Kier molecular flexibility index (Phi) is 27.8. The zero-order chi connectivity index (χ0) is 19.7. The second kappa shape index (κ2) is 26.9. The summed E-state index contributed by atoms with van der Waals surface area (Å²) in [7, 11) is 0. The first-order valence-electron chi connectivity index (χ1n) is 10.5. The number of thioether (sulfide) groups is 3. The molecule has 7 heteroatoms. The van der Waals surface area contributed by atoms with Crippen molar-refractivity contribution in [2.24, 2.45) is 0 Å². The summed E-state index contributed by atoms with van der Waals surface area (Å²) < 4.78 is 22.0. The molecule has 0 aromatic carbocycles. The lowest BCUT2D eigenvalue weighted by Gasteiger charge is -2.06. The van der Waals surface area contributed by atoms with Gasteiger partial charge in [0.2, 0.25) is 0 Å². The molecule has 4 nitrogen and oxygen atoms in total. The van der Waals surface area contributed by atoms with Crippen molar-refractivity contribution in [2.45, 2.75) is 39.5 Å². The first-order chi connectivity index (χ1) is 13.4. The van der Waals surface area contributed by atoms with Crippen LogP contribution in [-0.4, -0.2) is 87.4 Å². The van der Waals surface area contributed by atoms with Gasteiger partial charge in [0.1, 0.15) is 0 Å². The van der Waals surface area contributed by atoms with Crippen molar-refractivity contribution in [1.29, 1.82) is 0 Å². The minimum atomic E-state index is 0.728. The van der Waals surface area contributed by atoms with Gasteiger partial charge in [0.15, 0.2) is 0 Å². The predicted molar refractivity (Wildman–Crippen MR) is 125 cm³/mol. The van der Waals surface area contributed by atoms with Gasteiger partial charge in [-0.15, -0.1) is 0 Å². The highest BCUT2D eigenvalue weighted by Crippen LogP contribution is 2.10. The molecule has 0 aliphatic rings. The van der Waals surface area contributed by atoms with Crippen LogP contribution in [0.1, 0.15) is 39.5 Å². The third kappa shape index (κ3) is 26.9. The molecule has 27 heavy (non-hydrogen) atoms. The Hall–Kier alpha value is 0.890. The van der Waals surface area contributed by atoms with Gasteiger partial charge >= 0.3 is 0 Å². The molecule has 0 atom stereocenters. The summed E-state index contributed by atoms with van der Waals surface area (Å²) in [4.78, 5) is 0. The number of rotatable bonds is 24. The molecule has 0 heterocycles. The van der Waals surface area contributed by atoms with Crippen LogP contribution in [0.4, 0.5) is 0 Å². The fraction of sp³-hybridized carbons (Fsp3) is 1.00. The topological polar surface area (TPSA) is 36.9 Å². The zero-order valence-corrected chi connectivity index (χ0v) is 20.0. The van der Waals surface area contributed by atoms with E-state index in [1.165, 1.54) is 35.9 Å². The molecule has 0 unspecified atom stereocenters. The van der Waals surface area contributed by atoms with Crippen molar-refractivity contribution in [2.75, 3.05) is 87.4 Å². The molecular weight excluding hydrogens is 400 g/mol. The van der Waals surface area contributed by atoms with E-state index in [-0.39, 0.29) is 0 Å². The van der Waals surface area contributed by atoms with Crippen molar-refractivity contribution in [3.8, 4) is 0 Å². The lowest BCUT2D eigenvalue weighted by atomic mass is 10.4. The van der Waals surface area contributed by atoms with Gasteiger partial charge in [-0.25, -0.2) is 0 Å². The third-order valence-corrected chi connectivity index (χ3v) is 6.92. The van der Waals surface area contributed by atoms with Gasteiger partial charge in [-0.2, -0.15) is 35.3 Å². The van der Waals surface area contributed by atoms with E-state index in [4.69, 9.17) is 18.9 Å². The van der Waals surface area contributed by atoms with Gasteiger partial charge < -0.3 is 18.9 Å². The summed E-state index contributed by atoms with van der Waals surface area (Å²) in [6, 6.07) is 0. The van der Waals surface area contributed by atoms with E-state index in [0.717, 1.165) is 77.2 Å². The minimum absolute atomic E-state index is 0.728. The quantitative estimate of drug-likeness (QED) is 0.198. The van der Waals surface area contributed by atoms with Crippen LogP contribution in [0.5, 0.6) is 0 Å². The maximum absolute atomic E-state index is 5.56. The fourth-order valence-corrected chi connectivity index (χ4v) is 4.88. The molecule has 0 aromatic heterocycles. The lowest BCUT2D eigenvalue weighted by Crippen LogP contribution is -2.07. The molecule has 0 radical (unpaired) electrons. The Labute approximate surface area is 180 Å². The SMILES string of the molecule is CCCCOCCOCCSCCSCCSCCOCCOCCCC. The second-order valence-electron chi connectivity index (χ2n) is 5.99. The van der Waals surface area contributed by atoms with E-state index in [1.807, 2.05) is 35.3 Å². The second-order valence-corrected chi connectivity index (χ2v) is 9.67. The van der Waals surface area contributed by atoms with Crippen molar-refractivity contribution < 1.29 is 18.9 Å². The first-order valence-corrected chi connectivity index (χ1v) is 13.9. The summed E-state index contributed by atoms with van der Waals surface area (Å²) in [5, 5.41) is 0. The molecular formula is C20H42O4S3. The Morgan fingerprint density at radius 2 is 0.741 bits per heavy atom. The monoisotopic (exact) mass is 442 g/mol. The maximum Gasteiger partial charge on any atom is 0.0700 e. The van der Waals surface area contributed by atoms with Gasteiger partial charge in [-0.1, -0.05) is 26.7 Å². The summed E-state index contributed by atoms with van der Waals surface area (Å²) in [6.45, 7) is 10.7. The van der Waals surface area contributed by atoms with Crippen LogP contribution in [0.2, 0.25) is 0 Å². The Bertz CT molecular complexity index is 237. The number of hydrogen-bond donors (Lipinski definition) is 0. The predicted octanol–water partition coefficient (Wildman–Crippen LogP) is 4.85. The van der Waals surface area contributed by atoms with Crippen molar-refractivity contribution >= 4 is 35.3 Å². The van der Waals surface area contributed by atoms with Crippen LogP contribution >= 0.6 is 35.3 Å². The fourth-order valence-electron chi connectivity index (χ4n) is 1.91. The Morgan fingerprint density at radius 1 is 0.407 bits per heavy atom. The minimum Gasteiger partial charge on any atom is -0.379 e. The molecule has 0 aliphatic carbocycles. The highest BCUT2D eigenvalue weighted by molar-refractivity contribution is 8.04. The van der Waals surface area contributed by atoms with Gasteiger partial charge in [-0.05, 0) is 12.8 Å². The molecule has 0 aliphatic heterocycles. The highest BCUT2D eigenvalue weighted by Gasteiger charge is 1.95. The summed E-state index contributed by atoms with van der Waals surface area (Å²) >= 11 is 6.02. The Balaban J connectivity index is 2.95. The van der Waals surface area contributed by atoms with Gasteiger partial charge in [0.05, 0.1) is 39.6 Å². The maximum atomic E-state index is 5.56. The van der Waals surface area contributed by atoms with E-state index in [9.17, 15) is 0 Å². The van der Waals surface area contributed by atoms with E-state index >= 15 is 0 Å². The van der Waals surface area contributed by atoms with E-state index in [1.54, 1.807) is 0 Å². The zero-order valence-electron chi connectivity index (χ0n) is 17.6. The smallest absolute Gasteiger partial charge is 0.0700 e. The third-order valence-electron chi connectivity index (χ3n) is 3.52. The van der Waals surface area contributed by atoms with Crippen LogP contribution in [0.25, 0.3) is 0 Å². The van der Waals surface area contributed by atoms with E-state index < -0.39 is 0 Å². The van der Waals surface area contributed by atoms with E-state index in [2.05, 4.69) is 13.8 Å². The van der Waals surface area contributed by atoms with Crippen LogP contribution in [0.15, 0.2) is 0 Å². The average Bonchev–Trinajstić information content (AvgIpc) is 2.68. The van der Waals surface area contributed by atoms with Crippen molar-refractivity contribution in [3.05, 3.63) is 0 Å². The lowest BCUT2D eigenvalue weighted by molar-refractivity contribution is 0.0527. The van der Waals surface area contributed by atoms with Crippen LogP contribution in [-0.2, 0) is 18.9 Å². The average molecular weight is 443 g/mol. The van der Waals surface area contributed by atoms with Gasteiger partial charge in [0, 0.05) is 47.7 Å². The molecule has 0 N–H and O–H groups in total.